The molecule has 0 aromatic heterocycles. The van der Waals surface area contributed by atoms with Gasteiger partial charge in [0, 0.05) is 6.04 Å². The van der Waals surface area contributed by atoms with Gasteiger partial charge in [-0.25, -0.2) is 4.99 Å². The first kappa shape index (κ1) is 17.2. The van der Waals surface area contributed by atoms with Crippen molar-refractivity contribution >= 4 is 23.3 Å². The van der Waals surface area contributed by atoms with E-state index >= 15 is 0 Å². The first-order chi connectivity index (χ1) is 12.7. The summed E-state index contributed by atoms with van der Waals surface area (Å²) in [6.45, 7) is 0. The van der Waals surface area contributed by atoms with Crippen LogP contribution in [0.3, 0.4) is 0 Å². The zero-order valence-corrected chi connectivity index (χ0v) is 15.5. The molecule has 3 aliphatic rings. The van der Waals surface area contributed by atoms with Crippen molar-refractivity contribution in [3.05, 3.63) is 24.3 Å². The molecule has 4 rings (SSSR count). The highest BCUT2D eigenvalue weighted by atomic mass is 15.4. The summed E-state index contributed by atoms with van der Waals surface area (Å²) in [6.07, 6.45) is 11.9. The van der Waals surface area contributed by atoms with E-state index in [1.807, 2.05) is 0 Å². The predicted molar refractivity (Wildman–Crippen MR) is 108 cm³/mol. The number of benzene rings is 1. The number of para-hydroxylation sites is 2. The average Bonchev–Trinajstić information content (AvgIpc) is 2.64. The van der Waals surface area contributed by atoms with Gasteiger partial charge in [0.15, 0.2) is 0 Å². The van der Waals surface area contributed by atoms with Gasteiger partial charge in [-0.15, -0.1) is 0 Å². The summed E-state index contributed by atoms with van der Waals surface area (Å²) in [4.78, 5) is 11.2. The van der Waals surface area contributed by atoms with Gasteiger partial charge in [-0.2, -0.15) is 4.99 Å². The standard InChI is InChI=1S/C20H30N6/c21-18-24-19(22)26(20(25-18)13-7-2-8-14-20)17-12-6-5-11-16(17)23-15-9-3-1-4-10-15/h5-6,11-12,15,23H,1-4,7-10,13-14H2,(H4,21,22,24,25). The molecule has 0 saturated heterocycles. The maximum Gasteiger partial charge on any atom is 0.220 e. The number of nitrogens with two attached hydrogens (primary N) is 2. The SMILES string of the molecule is NC1=NC2(CCCCC2)N(c2ccccc2NC2CCCCC2)C(N)=N1. The van der Waals surface area contributed by atoms with Crippen LogP contribution in [0, 0.1) is 0 Å². The Bertz CT molecular complexity index is 698. The molecule has 0 amide bonds. The first-order valence-corrected chi connectivity index (χ1v) is 10.0. The molecule has 1 aromatic rings. The van der Waals surface area contributed by atoms with Crippen molar-refractivity contribution < 1.29 is 0 Å². The minimum atomic E-state index is -0.390. The summed E-state index contributed by atoms with van der Waals surface area (Å²) in [5.74, 6) is 0.760. The number of hydrogen-bond acceptors (Lipinski definition) is 6. The van der Waals surface area contributed by atoms with Crippen LogP contribution in [-0.4, -0.2) is 23.6 Å². The van der Waals surface area contributed by atoms with Gasteiger partial charge >= 0.3 is 0 Å². The van der Waals surface area contributed by atoms with E-state index in [1.54, 1.807) is 0 Å². The highest BCUT2D eigenvalue weighted by Crippen LogP contribution is 2.42. The molecule has 1 aromatic carbocycles. The summed E-state index contributed by atoms with van der Waals surface area (Å²) < 4.78 is 0. The molecule has 0 unspecified atom stereocenters. The van der Waals surface area contributed by atoms with E-state index in [9.17, 15) is 0 Å². The highest BCUT2D eigenvalue weighted by Gasteiger charge is 2.43. The third-order valence-corrected chi connectivity index (χ3v) is 5.96. The van der Waals surface area contributed by atoms with Crippen LogP contribution in [0.5, 0.6) is 0 Å². The summed E-state index contributed by atoms with van der Waals surface area (Å²) in [7, 11) is 0. The lowest BCUT2D eigenvalue weighted by Gasteiger charge is -2.46. The molecular weight excluding hydrogens is 324 g/mol. The second kappa shape index (κ2) is 7.17. The third-order valence-electron chi connectivity index (χ3n) is 5.96. The summed E-state index contributed by atoms with van der Waals surface area (Å²) >= 11 is 0. The maximum atomic E-state index is 6.40. The third kappa shape index (κ3) is 3.24. The number of anilines is 2. The Morgan fingerprint density at radius 1 is 0.962 bits per heavy atom. The fraction of sp³-hybridized carbons (Fsp3) is 0.600. The number of hydrogen-bond donors (Lipinski definition) is 3. The van der Waals surface area contributed by atoms with Gasteiger partial charge in [0.1, 0.15) is 5.66 Å². The van der Waals surface area contributed by atoms with Crippen molar-refractivity contribution in [2.75, 3.05) is 10.2 Å². The van der Waals surface area contributed by atoms with Gasteiger partial charge in [0.25, 0.3) is 0 Å². The molecule has 6 heteroatoms. The second-order valence-electron chi connectivity index (χ2n) is 7.81. The topological polar surface area (TPSA) is 92.0 Å². The van der Waals surface area contributed by atoms with Crippen molar-refractivity contribution in [2.24, 2.45) is 21.5 Å². The second-order valence-corrected chi connectivity index (χ2v) is 7.81. The smallest absolute Gasteiger partial charge is 0.220 e. The van der Waals surface area contributed by atoms with E-state index in [4.69, 9.17) is 16.5 Å². The Kier molecular flexibility index (Phi) is 4.74. The van der Waals surface area contributed by atoms with Crippen molar-refractivity contribution in [1.82, 2.24) is 0 Å². The van der Waals surface area contributed by atoms with Crippen LogP contribution in [0.1, 0.15) is 64.2 Å². The molecule has 2 fully saturated rings. The van der Waals surface area contributed by atoms with Crippen molar-refractivity contribution in [2.45, 2.75) is 75.9 Å². The summed E-state index contributed by atoms with van der Waals surface area (Å²) in [6, 6.07) is 8.95. The van der Waals surface area contributed by atoms with Crippen molar-refractivity contribution in [3.8, 4) is 0 Å². The van der Waals surface area contributed by atoms with E-state index in [-0.39, 0.29) is 0 Å². The number of aliphatic imine (C=N–C) groups is 2. The molecule has 1 spiro atoms. The van der Waals surface area contributed by atoms with Crippen LogP contribution in [0.25, 0.3) is 0 Å². The van der Waals surface area contributed by atoms with E-state index in [1.165, 1.54) is 38.5 Å². The van der Waals surface area contributed by atoms with E-state index in [2.05, 4.69) is 39.5 Å². The van der Waals surface area contributed by atoms with Crippen LogP contribution in [0.2, 0.25) is 0 Å². The van der Waals surface area contributed by atoms with E-state index in [0.717, 1.165) is 37.1 Å². The number of nitrogens with one attached hydrogen (secondary N) is 1. The lowest BCUT2D eigenvalue weighted by atomic mass is 9.87. The normalized spacial score (nSPS) is 23.5. The lowest BCUT2D eigenvalue weighted by molar-refractivity contribution is 0.305. The molecule has 5 N–H and O–H groups in total. The summed E-state index contributed by atoms with van der Waals surface area (Å²) in [5, 5.41) is 3.77. The van der Waals surface area contributed by atoms with Gasteiger partial charge in [-0.05, 0) is 50.7 Å². The molecule has 0 atom stereocenters. The number of nitrogens with zero attached hydrogens (tertiary/aromatic N) is 3. The van der Waals surface area contributed by atoms with E-state index in [0.29, 0.717) is 18.0 Å². The molecular formula is C20H30N6. The monoisotopic (exact) mass is 354 g/mol. The predicted octanol–water partition coefficient (Wildman–Crippen LogP) is 3.54. The Labute approximate surface area is 155 Å². The minimum Gasteiger partial charge on any atom is -0.381 e. The molecule has 26 heavy (non-hydrogen) atoms. The van der Waals surface area contributed by atoms with Crippen LogP contribution in [0.4, 0.5) is 11.4 Å². The van der Waals surface area contributed by atoms with Gasteiger partial charge in [0.05, 0.1) is 11.4 Å². The quantitative estimate of drug-likeness (QED) is 0.774. The Morgan fingerprint density at radius 2 is 1.65 bits per heavy atom. The van der Waals surface area contributed by atoms with Crippen LogP contribution in [-0.2, 0) is 0 Å². The molecule has 1 aliphatic heterocycles. The van der Waals surface area contributed by atoms with Crippen molar-refractivity contribution in [3.63, 3.8) is 0 Å². The Balaban J connectivity index is 1.69. The van der Waals surface area contributed by atoms with Crippen LogP contribution >= 0.6 is 0 Å². The molecule has 2 aliphatic carbocycles. The van der Waals surface area contributed by atoms with Gasteiger partial charge < -0.3 is 16.8 Å². The van der Waals surface area contributed by atoms with Crippen LogP contribution in [0.15, 0.2) is 34.3 Å². The average molecular weight is 355 g/mol. The molecule has 0 bridgehead atoms. The molecule has 2 saturated carbocycles. The fourth-order valence-electron chi connectivity index (χ4n) is 4.73. The minimum absolute atomic E-state index is 0.304. The maximum absolute atomic E-state index is 6.40. The molecule has 6 nitrogen and oxygen atoms in total. The molecule has 140 valence electrons. The first-order valence-electron chi connectivity index (χ1n) is 10.0. The van der Waals surface area contributed by atoms with Gasteiger partial charge in [0.2, 0.25) is 11.9 Å². The van der Waals surface area contributed by atoms with Crippen LogP contribution < -0.4 is 21.7 Å². The van der Waals surface area contributed by atoms with E-state index < -0.39 is 5.66 Å². The zero-order valence-electron chi connectivity index (χ0n) is 15.5. The number of guanidine groups is 2. The largest absolute Gasteiger partial charge is 0.381 e. The van der Waals surface area contributed by atoms with Crippen molar-refractivity contribution in [1.29, 1.82) is 0 Å². The summed E-state index contributed by atoms with van der Waals surface area (Å²) in [5.41, 5.74) is 14.2. The molecule has 1 heterocycles. The fourth-order valence-corrected chi connectivity index (χ4v) is 4.73. The Hall–Kier alpha value is -2.24. The highest BCUT2D eigenvalue weighted by molar-refractivity contribution is 6.07. The van der Waals surface area contributed by atoms with Gasteiger partial charge in [-0.3, -0.25) is 4.90 Å². The zero-order chi connectivity index (χ0) is 18.0. The number of rotatable bonds is 3. The molecule has 0 radical (unpaired) electrons. The Morgan fingerprint density at radius 3 is 2.42 bits per heavy atom. The lowest BCUT2D eigenvalue weighted by Crippen LogP contribution is -2.58. The van der Waals surface area contributed by atoms with Gasteiger partial charge in [-0.1, -0.05) is 37.8 Å².